The molecule has 0 radical (unpaired) electrons. The number of unbranched alkanes of at least 4 members (excludes halogenated alkanes) is 3. The van der Waals surface area contributed by atoms with Gasteiger partial charge < -0.3 is 10.1 Å². The van der Waals surface area contributed by atoms with Crippen molar-refractivity contribution in [3.05, 3.63) is 53.6 Å². The minimum atomic E-state index is -0.586. The van der Waals surface area contributed by atoms with E-state index in [9.17, 15) is 9.59 Å². The Balaban J connectivity index is 2.28. The Morgan fingerprint density at radius 3 is 2.31 bits per heavy atom. The smallest absolute Gasteiger partial charge is 0.265 e. The van der Waals surface area contributed by atoms with Crippen molar-refractivity contribution in [1.82, 2.24) is 5.43 Å². The van der Waals surface area contributed by atoms with Gasteiger partial charge in [0.1, 0.15) is 5.75 Å². The first-order valence-corrected chi connectivity index (χ1v) is 13.4. The van der Waals surface area contributed by atoms with Crippen molar-refractivity contribution in [2.45, 2.75) is 104 Å². The van der Waals surface area contributed by atoms with Gasteiger partial charge in [-0.1, -0.05) is 72.9 Å². The molecule has 6 heteroatoms. The number of hydrogen-bond acceptors (Lipinski definition) is 4. The van der Waals surface area contributed by atoms with E-state index in [0.29, 0.717) is 24.4 Å². The van der Waals surface area contributed by atoms with Crippen LogP contribution in [0.3, 0.4) is 0 Å². The number of rotatable bonds is 16. The monoisotopic (exact) mass is 495 g/mol. The van der Waals surface area contributed by atoms with Crippen LogP contribution in [-0.2, 0) is 15.0 Å². The van der Waals surface area contributed by atoms with E-state index in [1.165, 1.54) is 5.56 Å². The van der Waals surface area contributed by atoms with Gasteiger partial charge in [-0.3, -0.25) is 20.4 Å². The lowest BCUT2D eigenvalue weighted by molar-refractivity contribution is -0.123. The van der Waals surface area contributed by atoms with Gasteiger partial charge in [0.25, 0.3) is 5.91 Å². The van der Waals surface area contributed by atoms with Crippen LogP contribution in [0.4, 0.5) is 11.4 Å². The first-order valence-electron chi connectivity index (χ1n) is 13.4. The number of ether oxygens (including phenoxy) is 1. The highest BCUT2D eigenvalue weighted by Crippen LogP contribution is 2.37. The van der Waals surface area contributed by atoms with Crippen molar-refractivity contribution in [2.24, 2.45) is 0 Å². The van der Waals surface area contributed by atoms with E-state index >= 15 is 0 Å². The standard InChI is InChI=1S/C30H45N3O3/c1-7-10-11-12-13-28(29(35)32-24-15-17-25(18-16-24)33-31-21-34)36-27-19-14-23(22(4)8-2)20-26(27)30(5,6)9-3/h14-22,28,33H,7-13H2,1-6H3,(H,31,34)(H,32,35). The second-order valence-electron chi connectivity index (χ2n) is 10.2. The maximum absolute atomic E-state index is 13.4. The Bertz CT molecular complexity index is 956. The number of benzene rings is 2. The Hall–Kier alpha value is -3.02. The van der Waals surface area contributed by atoms with E-state index in [0.717, 1.165) is 55.5 Å². The molecule has 2 aromatic rings. The van der Waals surface area contributed by atoms with Gasteiger partial charge >= 0.3 is 0 Å². The summed E-state index contributed by atoms with van der Waals surface area (Å²) in [5.41, 5.74) is 8.96. The van der Waals surface area contributed by atoms with Crippen LogP contribution in [0.15, 0.2) is 42.5 Å². The Kier molecular flexibility index (Phi) is 11.8. The molecule has 2 atom stereocenters. The predicted octanol–water partition coefficient (Wildman–Crippen LogP) is 7.32. The normalized spacial score (nSPS) is 12.9. The largest absolute Gasteiger partial charge is 0.480 e. The number of hydrazine groups is 1. The summed E-state index contributed by atoms with van der Waals surface area (Å²) in [5.74, 6) is 1.12. The van der Waals surface area contributed by atoms with Crippen molar-refractivity contribution < 1.29 is 14.3 Å². The van der Waals surface area contributed by atoms with Gasteiger partial charge in [0.2, 0.25) is 6.41 Å². The summed E-state index contributed by atoms with van der Waals surface area (Å²) in [6, 6.07) is 13.7. The van der Waals surface area contributed by atoms with Gasteiger partial charge in [-0.2, -0.15) is 0 Å². The van der Waals surface area contributed by atoms with Crippen LogP contribution in [-0.4, -0.2) is 18.4 Å². The summed E-state index contributed by atoms with van der Waals surface area (Å²) < 4.78 is 6.52. The van der Waals surface area contributed by atoms with Crippen LogP contribution in [0, 0.1) is 0 Å². The molecule has 2 amide bonds. The molecule has 0 fully saturated rings. The van der Waals surface area contributed by atoms with Crippen LogP contribution in [0.2, 0.25) is 0 Å². The molecule has 36 heavy (non-hydrogen) atoms. The summed E-state index contributed by atoms with van der Waals surface area (Å²) in [7, 11) is 0. The predicted molar refractivity (Wildman–Crippen MR) is 150 cm³/mol. The maximum atomic E-state index is 13.4. The van der Waals surface area contributed by atoms with Gasteiger partial charge in [0.05, 0.1) is 5.69 Å². The van der Waals surface area contributed by atoms with Crippen molar-refractivity contribution in [3.8, 4) is 5.75 Å². The number of hydrogen-bond donors (Lipinski definition) is 3. The molecule has 2 aromatic carbocycles. The summed E-state index contributed by atoms with van der Waals surface area (Å²) in [6.07, 6.45) is 7.00. The van der Waals surface area contributed by atoms with E-state index < -0.39 is 6.10 Å². The molecule has 0 saturated heterocycles. The molecule has 0 aliphatic heterocycles. The van der Waals surface area contributed by atoms with Gasteiger partial charge in [-0.15, -0.1) is 0 Å². The van der Waals surface area contributed by atoms with Crippen LogP contribution in [0.1, 0.15) is 104 Å². The third kappa shape index (κ3) is 8.58. The first-order chi connectivity index (χ1) is 17.2. The molecule has 6 nitrogen and oxygen atoms in total. The number of carbonyl (C=O) groups excluding carboxylic acids is 2. The fraction of sp³-hybridized carbons (Fsp3) is 0.533. The number of amides is 2. The molecule has 0 saturated carbocycles. The van der Waals surface area contributed by atoms with Crippen molar-refractivity contribution in [3.63, 3.8) is 0 Å². The number of anilines is 2. The highest BCUT2D eigenvalue weighted by atomic mass is 16.5. The summed E-state index contributed by atoms with van der Waals surface area (Å²) in [5, 5.41) is 3.02. The Morgan fingerprint density at radius 2 is 1.69 bits per heavy atom. The van der Waals surface area contributed by atoms with E-state index in [2.05, 4.69) is 75.9 Å². The fourth-order valence-electron chi connectivity index (χ4n) is 4.04. The second-order valence-corrected chi connectivity index (χ2v) is 10.2. The van der Waals surface area contributed by atoms with Crippen LogP contribution in [0.5, 0.6) is 5.75 Å². The molecular formula is C30H45N3O3. The lowest BCUT2D eigenvalue weighted by Gasteiger charge is -2.29. The van der Waals surface area contributed by atoms with Crippen molar-refractivity contribution >= 4 is 23.7 Å². The highest BCUT2D eigenvalue weighted by molar-refractivity contribution is 5.94. The third-order valence-electron chi connectivity index (χ3n) is 7.11. The summed E-state index contributed by atoms with van der Waals surface area (Å²) >= 11 is 0. The number of carbonyl (C=O) groups is 2. The SMILES string of the molecule is CCCCCCC(Oc1ccc(C(C)CC)cc1C(C)(C)CC)C(=O)Nc1ccc(NNC=O)cc1. The lowest BCUT2D eigenvalue weighted by Crippen LogP contribution is -2.34. The van der Waals surface area contributed by atoms with Crippen LogP contribution < -0.4 is 20.9 Å². The molecular weight excluding hydrogens is 450 g/mol. The van der Waals surface area contributed by atoms with E-state index in [1.807, 2.05) is 0 Å². The topological polar surface area (TPSA) is 79.5 Å². The van der Waals surface area contributed by atoms with Crippen LogP contribution in [0.25, 0.3) is 0 Å². The molecule has 0 aliphatic carbocycles. The lowest BCUT2D eigenvalue weighted by atomic mass is 9.80. The highest BCUT2D eigenvalue weighted by Gasteiger charge is 2.27. The Morgan fingerprint density at radius 1 is 1.00 bits per heavy atom. The minimum Gasteiger partial charge on any atom is -0.480 e. The zero-order valence-electron chi connectivity index (χ0n) is 22.9. The minimum absolute atomic E-state index is 0.0690. The molecule has 0 spiro atoms. The molecule has 0 aromatic heterocycles. The molecule has 0 aliphatic rings. The molecule has 2 unspecified atom stereocenters. The molecule has 0 bridgehead atoms. The van der Waals surface area contributed by atoms with Gasteiger partial charge in [-0.25, -0.2) is 0 Å². The molecule has 2 rings (SSSR count). The average molecular weight is 496 g/mol. The summed E-state index contributed by atoms with van der Waals surface area (Å²) in [4.78, 5) is 23.8. The van der Waals surface area contributed by atoms with Crippen molar-refractivity contribution in [1.29, 1.82) is 0 Å². The molecule has 0 heterocycles. The van der Waals surface area contributed by atoms with E-state index in [-0.39, 0.29) is 11.3 Å². The molecule has 3 N–H and O–H groups in total. The summed E-state index contributed by atoms with van der Waals surface area (Å²) in [6.45, 7) is 13.3. The average Bonchev–Trinajstić information content (AvgIpc) is 2.89. The number of nitrogens with one attached hydrogen (secondary N) is 3. The second kappa shape index (κ2) is 14.5. The molecule has 198 valence electrons. The quantitative estimate of drug-likeness (QED) is 0.129. The van der Waals surface area contributed by atoms with Gasteiger partial charge in [-0.05, 0) is 72.9 Å². The zero-order valence-corrected chi connectivity index (χ0v) is 22.9. The van der Waals surface area contributed by atoms with Gasteiger partial charge in [0, 0.05) is 11.3 Å². The van der Waals surface area contributed by atoms with Gasteiger partial charge in [0.15, 0.2) is 6.10 Å². The Labute approximate surface area is 217 Å². The maximum Gasteiger partial charge on any atom is 0.265 e. The van der Waals surface area contributed by atoms with E-state index in [1.54, 1.807) is 24.3 Å². The fourth-order valence-corrected chi connectivity index (χ4v) is 4.04. The van der Waals surface area contributed by atoms with Crippen LogP contribution >= 0.6 is 0 Å². The van der Waals surface area contributed by atoms with Crippen molar-refractivity contribution in [2.75, 3.05) is 10.7 Å². The third-order valence-corrected chi connectivity index (χ3v) is 7.11. The zero-order chi connectivity index (χ0) is 26.6. The first kappa shape index (κ1) is 29.2. The van der Waals surface area contributed by atoms with E-state index in [4.69, 9.17) is 4.74 Å².